The van der Waals surface area contributed by atoms with Gasteiger partial charge in [0.05, 0.1) is 17.6 Å². The van der Waals surface area contributed by atoms with E-state index in [1.165, 1.54) is 30.5 Å². The predicted octanol–water partition coefficient (Wildman–Crippen LogP) is 2.65. The van der Waals surface area contributed by atoms with Crippen molar-refractivity contribution in [1.29, 1.82) is 0 Å². The van der Waals surface area contributed by atoms with Gasteiger partial charge in [-0.25, -0.2) is 0 Å². The molecule has 0 radical (unpaired) electrons. The minimum atomic E-state index is -0.765. The molecule has 0 fully saturated rings. The first-order valence-electron chi connectivity index (χ1n) is 7.75. The maximum absolute atomic E-state index is 12.1. The van der Waals surface area contributed by atoms with E-state index in [-0.39, 0.29) is 17.7 Å². The highest BCUT2D eigenvalue weighted by Crippen LogP contribution is 2.22. The van der Waals surface area contributed by atoms with Crippen LogP contribution in [0, 0.1) is 17.0 Å². The second-order valence-corrected chi connectivity index (χ2v) is 5.71. The highest BCUT2D eigenvalue weighted by molar-refractivity contribution is 5.99. The van der Waals surface area contributed by atoms with E-state index in [2.05, 4.69) is 10.9 Å². The fourth-order valence-electron chi connectivity index (χ4n) is 2.56. The molecule has 0 bridgehead atoms. The molecule has 0 aliphatic carbocycles. The van der Waals surface area contributed by atoms with Crippen LogP contribution in [-0.2, 0) is 11.2 Å². The number of aryl methyl sites for hydroxylation is 1. The Balaban J connectivity index is 1.65. The number of hydrogen-bond acceptors (Lipinski definition) is 5. The van der Waals surface area contributed by atoms with Gasteiger partial charge in [0.1, 0.15) is 11.1 Å². The Labute approximate surface area is 147 Å². The van der Waals surface area contributed by atoms with Crippen molar-refractivity contribution in [3.63, 3.8) is 0 Å². The summed E-state index contributed by atoms with van der Waals surface area (Å²) in [5.74, 6) is -1.24. The molecule has 0 aliphatic heterocycles. The first-order valence-corrected chi connectivity index (χ1v) is 7.75. The number of furan rings is 1. The number of carbonyl (C=O) groups excluding carboxylic acids is 2. The molecule has 2 N–H and O–H groups in total. The van der Waals surface area contributed by atoms with E-state index in [0.29, 0.717) is 11.1 Å². The number of rotatable bonds is 4. The largest absolute Gasteiger partial charge is 0.464 e. The van der Waals surface area contributed by atoms with Crippen molar-refractivity contribution in [1.82, 2.24) is 10.9 Å². The summed E-state index contributed by atoms with van der Waals surface area (Å²) in [7, 11) is 0. The van der Waals surface area contributed by atoms with Gasteiger partial charge in [-0.2, -0.15) is 0 Å². The lowest BCUT2D eigenvalue weighted by molar-refractivity contribution is -0.385. The normalized spacial score (nSPS) is 10.5. The molecule has 8 heteroatoms. The maximum Gasteiger partial charge on any atom is 0.282 e. The average molecular weight is 353 g/mol. The number of hydrogen-bond donors (Lipinski definition) is 2. The van der Waals surface area contributed by atoms with E-state index >= 15 is 0 Å². The molecule has 0 atom stereocenters. The Morgan fingerprint density at radius 2 is 1.92 bits per heavy atom. The van der Waals surface area contributed by atoms with Crippen LogP contribution in [-0.4, -0.2) is 16.7 Å². The molecule has 2 aromatic carbocycles. The van der Waals surface area contributed by atoms with E-state index in [0.717, 1.165) is 10.9 Å². The summed E-state index contributed by atoms with van der Waals surface area (Å²) in [6, 6.07) is 11.1. The Bertz CT molecular complexity index is 1010. The van der Waals surface area contributed by atoms with E-state index in [4.69, 9.17) is 4.42 Å². The highest BCUT2D eigenvalue weighted by atomic mass is 16.6. The lowest BCUT2D eigenvalue weighted by Gasteiger charge is -2.07. The standard InChI is InChI=1S/C18H15N3O5/c1-11-6-7-13-12(10-26-16(13)8-11)9-17(22)19-20-18(23)14-4-2-3-5-15(14)21(24)25/h2-8,10H,9H2,1H3,(H,19,22)(H,20,23). The zero-order valence-electron chi connectivity index (χ0n) is 13.8. The minimum absolute atomic E-state index is 0.00672. The maximum atomic E-state index is 12.1. The van der Waals surface area contributed by atoms with Crippen LogP contribution >= 0.6 is 0 Å². The second kappa shape index (κ2) is 7.06. The van der Waals surface area contributed by atoms with Gasteiger partial charge in [-0.15, -0.1) is 0 Å². The SMILES string of the molecule is Cc1ccc2c(CC(=O)NNC(=O)c3ccccc3[N+](=O)[O-])coc2c1. The van der Waals surface area contributed by atoms with E-state index in [9.17, 15) is 19.7 Å². The monoisotopic (exact) mass is 353 g/mol. The number of nitrogens with zero attached hydrogens (tertiary/aromatic N) is 1. The number of nitro benzene ring substituents is 1. The number of amides is 2. The van der Waals surface area contributed by atoms with Gasteiger partial charge in [0.15, 0.2) is 0 Å². The number of para-hydroxylation sites is 1. The van der Waals surface area contributed by atoms with Gasteiger partial charge >= 0.3 is 0 Å². The molecule has 3 rings (SSSR count). The van der Waals surface area contributed by atoms with Crippen LogP contribution in [0.1, 0.15) is 21.5 Å². The number of fused-ring (bicyclic) bond motifs is 1. The van der Waals surface area contributed by atoms with E-state index in [1.54, 1.807) is 0 Å². The van der Waals surface area contributed by atoms with Crippen molar-refractivity contribution in [3.05, 3.63) is 75.5 Å². The summed E-state index contributed by atoms with van der Waals surface area (Å²) in [6.07, 6.45) is 1.49. The van der Waals surface area contributed by atoms with Gasteiger partial charge in [0, 0.05) is 17.0 Å². The first-order chi connectivity index (χ1) is 12.5. The lowest BCUT2D eigenvalue weighted by Crippen LogP contribution is -2.42. The molecule has 0 saturated carbocycles. The first kappa shape index (κ1) is 17.2. The molecular formula is C18H15N3O5. The number of nitrogens with one attached hydrogen (secondary N) is 2. The smallest absolute Gasteiger partial charge is 0.282 e. The molecule has 1 heterocycles. The molecule has 0 saturated heterocycles. The fourth-order valence-corrected chi connectivity index (χ4v) is 2.56. The molecule has 1 aromatic heterocycles. The van der Waals surface area contributed by atoms with Gasteiger partial charge < -0.3 is 4.42 Å². The summed E-state index contributed by atoms with van der Waals surface area (Å²) in [6.45, 7) is 1.94. The van der Waals surface area contributed by atoms with Crippen LogP contribution in [0.4, 0.5) is 5.69 Å². The summed E-state index contributed by atoms with van der Waals surface area (Å²) >= 11 is 0. The number of carbonyl (C=O) groups is 2. The van der Waals surface area contributed by atoms with Crippen molar-refractivity contribution in [2.75, 3.05) is 0 Å². The Hall–Kier alpha value is -3.68. The van der Waals surface area contributed by atoms with Gasteiger partial charge in [-0.1, -0.05) is 24.3 Å². The summed E-state index contributed by atoms with van der Waals surface area (Å²) < 4.78 is 5.43. The van der Waals surface area contributed by atoms with Crippen LogP contribution in [0.2, 0.25) is 0 Å². The summed E-state index contributed by atoms with van der Waals surface area (Å²) in [4.78, 5) is 34.4. The third-order valence-electron chi connectivity index (χ3n) is 3.82. The van der Waals surface area contributed by atoms with Crippen molar-refractivity contribution in [3.8, 4) is 0 Å². The third-order valence-corrected chi connectivity index (χ3v) is 3.82. The number of benzene rings is 2. The zero-order valence-corrected chi connectivity index (χ0v) is 13.8. The minimum Gasteiger partial charge on any atom is -0.464 e. The molecule has 2 amide bonds. The lowest BCUT2D eigenvalue weighted by atomic mass is 10.1. The van der Waals surface area contributed by atoms with Crippen LogP contribution < -0.4 is 10.9 Å². The van der Waals surface area contributed by atoms with Crippen LogP contribution in [0.3, 0.4) is 0 Å². The number of hydrazine groups is 1. The molecule has 0 unspecified atom stereocenters. The molecule has 0 spiro atoms. The van der Waals surface area contributed by atoms with Crippen LogP contribution in [0.5, 0.6) is 0 Å². The Morgan fingerprint density at radius 3 is 2.69 bits per heavy atom. The Morgan fingerprint density at radius 1 is 1.15 bits per heavy atom. The highest BCUT2D eigenvalue weighted by Gasteiger charge is 2.19. The van der Waals surface area contributed by atoms with Gasteiger partial charge in [0.2, 0.25) is 5.91 Å². The van der Waals surface area contributed by atoms with Crippen molar-refractivity contribution in [2.45, 2.75) is 13.3 Å². The van der Waals surface area contributed by atoms with Crippen molar-refractivity contribution < 1.29 is 18.9 Å². The molecule has 3 aromatic rings. The van der Waals surface area contributed by atoms with Gasteiger partial charge in [0.25, 0.3) is 11.6 Å². The molecule has 132 valence electrons. The summed E-state index contributed by atoms with van der Waals surface area (Å²) in [5.41, 5.74) is 6.37. The zero-order chi connectivity index (χ0) is 18.7. The second-order valence-electron chi connectivity index (χ2n) is 5.71. The quantitative estimate of drug-likeness (QED) is 0.553. The average Bonchev–Trinajstić information content (AvgIpc) is 3.01. The molecule has 0 aliphatic rings. The number of nitro groups is 1. The Kier molecular flexibility index (Phi) is 4.66. The molecular weight excluding hydrogens is 338 g/mol. The van der Waals surface area contributed by atoms with Crippen LogP contribution in [0.25, 0.3) is 11.0 Å². The van der Waals surface area contributed by atoms with E-state index in [1.807, 2.05) is 25.1 Å². The van der Waals surface area contributed by atoms with Gasteiger partial charge in [-0.05, 0) is 24.6 Å². The molecule has 26 heavy (non-hydrogen) atoms. The summed E-state index contributed by atoms with van der Waals surface area (Å²) in [5, 5.41) is 11.8. The van der Waals surface area contributed by atoms with Gasteiger partial charge in [-0.3, -0.25) is 30.6 Å². The van der Waals surface area contributed by atoms with Crippen molar-refractivity contribution in [2.24, 2.45) is 0 Å². The molecule has 8 nitrogen and oxygen atoms in total. The fraction of sp³-hybridized carbons (Fsp3) is 0.111. The van der Waals surface area contributed by atoms with E-state index < -0.39 is 16.7 Å². The third kappa shape index (κ3) is 3.54. The predicted molar refractivity (Wildman–Crippen MR) is 93.4 cm³/mol. The topological polar surface area (TPSA) is 114 Å². The van der Waals surface area contributed by atoms with Crippen LogP contribution in [0.15, 0.2) is 53.1 Å². The van der Waals surface area contributed by atoms with Crippen molar-refractivity contribution >= 4 is 28.5 Å².